The van der Waals surface area contributed by atoms with Gasteiger partial charge in [0.15, 0.2) is 24.6 Å². The van der Waals surface area contributed by atoms with Gasteiger partial charge in [-0.3, -0.25) is 33.6 Å². The van der Waals surface area contributed by atoms with Gasteiger partial charge < -0.3 is 53.3 Å². The molecule has 2 aliphatic heterocycles. The monoisotopic (exact) mass is 730 g/mol. The maximum Gasteiger partial charge on any atom is 0.330 e. The van der Waals surface area contributed by atoms with Crippen LogP contribution in [0.2, 0.25) is 0 Å². The molecular weight excluding hydrogens is 684 g/mol. The maximum atomic E-state index is 12.5. The number of nitrogens with one attached hydrogen (secondary N) is 2. The highest BCUT2D eigenvalue weighted by molar-refractivity contribution is 5.81. The minimum atomic E-state index is -1.66. The molecule has 0 unspecified atom stereocenters. The SMILES string of the molecule is CCOC(=O)/C=C/C[C@@H]1O[C@H](COC(C)=O)[C@@H](O[C@@H]2O[C@H](COC(C)=O)[C@@H](OC(C)=O)[C@H](OC(C)=O)[C@H]2NC(C)=O)[C@H](OC(C)=O)[C@H]1NC(C)=O. The lowest BCUT2D eigenvalue weighted by Gasteiger charge is -2.49. The van der Waals surface area contributed by atoms with E-state index in [1.54, 1.807) is 6.92 Å². The Kier molecular flexibility index (Phi) is 16.9. The number of hydrogen-bond acceptors (Lipinski definition) is 17. The normalized spacial score (nSPS) is 28.8. The summed E-state index contributed by atoms with van der Waals surface area (Å²) >= 11 is 0. The molecule has 0 bridgehead atoms. The number of amides is 2. The minimum absolute atomic E-state index is 0.0394. The van der Waals surface area contributed by atoms with E-state index in [0.29, 0.717) is 0 Å². The molecule has 2 fully saturated rings. The Morgan fingerprint density at radius 1 is 0.569 bits per heavy atom. The number of hydrogen-bond donors (Lipinski definition) is 2. The van der Waals surface area contributed by atoms with Crippen LogP contribution in [0.4, 0.5) is 0 Å². The summed E-state index contributed by atoms with van der Waals surface area (Å²) in [6, 6.07) is -2.59. The van der Waals surface area contributed by atoms with Crippen molar-refractivity contribution in [3.63, 3.8) is 0 Å². The Hall–Kier alpha value is -4.62. The summed E-state index contributed by atoms with van der Waals surface area (Å²) in [5.74, 6) is -5.81. The van der Waals surface area contributed by atoms with Crippen molar-refractivity contribution in [1.82, 2.24) is 10.6 Å². The third-order valence-electron chi connectivity index (χ3n) is 7.19. The van der Waals surface area contributed by atoms with Crippen LogP contribution in [0.1, 0.15) is 61.8 Å². The third-order valence-corrected chi connectivity index (χ3v) is 7.19. The Balaban J connectivity index is 2.72. The second-order valence-electron chi connectivity index (χ2n) is 11.5. The van der Waals surface area contributed by atoms with E-state index in [-0.39, 0.29) is 13.0 Å². The fourth-order valence-electron chi connectivity index (χ4n) is 5.51. The molecule has 10 atom stereocenters. The van der Waals surface area contributed by atoms with Crippen molar-refractivity contribution in [3.05, 3.63) is 12.2 Å². The van der Waals surface area contributed by atoms with Crippen LogP contribution in [0, 0.1) is 0 Å². The van der Waals surface area contributed by atoms with Gasteiger partial charge in [0.25, 0.3) is 0 Å². The van der Waals surface area contributed by atoms with E-state index in [2.05, 4.69) is 10.6 Å². The van der Waals surface area contributed by atoms with Gasteiger partial charge in [-0.15, -0.1) is 0 Å². The molecule has 2 N–H and O–H groups in total. The fourth-order valence-corrected chi connectivity index (χ4v) is 5.51. The Labute approximate surface area is 294 Å². The van der Waals surface area contributed by atoms with Crippen molar-refractivity contribution in [2.75, 3.05) is 19.8 Å². The van der Waals surface area contributed by atoms with Crippen LogP contribution in [0.25, 0.3) is 0 Å². The highest BCUT2D eigenvalue weighted by atomic mass is 16.7. The zero-order valence-corrected chi connectivity index (χ0v) is 29.7. The number of carbonyl (C=O) groups is 8. The van der Waals surface area contributed by atoms with Gasteiger partial charge in [-0.25, -0.2) is 4.79 Å². The van der Waals surface area contributed by atoms with Gasteiger partial charge in [-0.1, -0.05) is 6.08 Å². The van der Waals surface area contributed by atoms with Crippen molar-refractivity contribution in [2.24, 2.45) is 0 Å². The summed E-state index contributed by atoms with van der Waals surface area (Å²) in [6.07, 6.45) is -8.57. The molecule has 2 aliphatic rings. The molecule has 2 rings (SSSR count). The molecule has 0 saturated carbocycles. The van der Waals surface area contributed by atoms with Crippen molar-refractivity contribution in [2.45, 2.75) is 123 Å². The first-order valence-electron chi connectivity index (χ1n) is 16.1. The predicted octanol–water partition coefficient (Wildman–Crippen LogP) is -0.696. The first-order valence-corrected chi connectivity index (χ1v) is 16.1. The van der Waals surface area contributed by atoms with Crippen LogP contribution in [0.3, 0.4) is 0 Å². The number of ether oxygens (including phenoxy) is 9. The minimum Gasteiger partial charge on any atom is -0.463 e. The quantitative estimate of drug-likeness (QED) is 0.120. The van der Waals surface area contributed by atoms with E-state index in [1.165, 1.54) is 13.0 Å². The summed E-state index contributed by atoms with van der Waals surface area (Å²) in [7, 11) is 0. The topological polar surface area (TPSA) is 244 Å². The van der Waals surface area contributed by atoms with E-state index in [4.69, 9.17) is 42.6 Å². The van der Waals surface area contributed by atoms with Gasteiger partial charge >= 0.3 is 35.8 Å². The molecule has 0 aromatic rings. The van der Waals surface area contributed by atoms with Crippen molar-refractivity contribution < 1.29 is 81.0 Å². The molecule has 19 nitrogen and oxygen atoms in total. The zero-order chi connectivity index (χ0) is 38.4. The van der Waals surface area contributed by atoms with E-state index in [1.807, 2.05) is 0 Å². The summed E-state index contributed by atoms with van der Waals surface area (Å²) in [4.78, 5) is 97.6. The van der Waals surface area contributed by atoms with Crippen molar-refractivity contribution in [1.29, 1.82) is 0 Å². The van der Waals surface area contributed by atoms with E-state index < -0.39 is 122 Å². The Bertz CT molecular complexity index is 1320. The molecule has 0 radical (unpaired) electrons. The Morgan fingerprint density at radius 3 is 1.51 bits per heavy atom. The standard InChI is InChI=1S/C32H46N2O17/c1-9-43-25(42)12-10-11-22-26(33-15(2)35)30(47-20(7)40)29(23(49-22)13-44-17(4)37)51-32-27(34-16(3)36)31(48-21(8)41)28(46-19(6)39)24(50-32)14-45-18(5)38/h10,12,22-24,26-32H,9,11,13-14H2,1-8H3,(H,33,35)(H,34,36)/b12-10+/t22-,23+,24+,26-,27+,28+,29+,30+,31+,32-/m0/s1. The lowest BCUT2D eigenvalue weighted by atomic mass is 9.89. The second-order valence-corrected chi connectivity index (χ2v) is 11.5. The number of carbonyl (C=O) groups excluding carboxylic acids is 8. The van der Waals surface area contributed by atoms with Crippen LogP contribution in [-0.4, -0.2) is 129 Å². The predicted molar refractivity (Wildman–Crippen MR) is 168 cm³/mol. The molecule has 2 heterocycles. The van der Waals surface area contributed by atoms with Gasteiger partial charge in [-0.05, 0) is 13.3 Å². The van der Waals surface area contributed by atoms with Gasteiger partial charge in [0, 0.05) is 54.5 Å². The molecule has 2 saturated heterocycles. The number of rotatable bonds is 15. The smallest absolute Gasteiger partial charge is 0.330 e. The summed E-state index contributed by atoms with van der Waals surface area (Å²) < 4.78 is 50.7. The number of esters is 6. The fraction of sp³-hybridized carbons (Fsp3) is 0.688. The first-order chi connectivity index (χ1) is 23.9. The summed E-state index contributed by atoms with van der Waals surface area (Å²) in [5, 5.41) is 5.24. The van der Waals surface area contributed by atoms with Crippen LogP contribution >= 0.6 is 0 Å². The lowest BCUT2D eigenvalue weighted by molar-refractivity contribution is -0.317. The van der Waals surface area contributed by atoms with E-state index >= 15 is 0 Å². The summed E-state index contributed by atoms with van der Waals surface area (Å²) in [6.45, 7) is 8.57. The molecule has 2 amide bonds. The van der Waals surface area contributed by atoms with Crippen LogP contribution < -0.4 is 10.6 Å². The van der Waals surface area contributed by atoms with Crippen LogP contribution in [0.15, 0.2) is 12.2 Å². The highest BCUT2D eigenvalue weighted by Gasteiger charge is 2.55. The molecule has 286 valence electrons. The highest BCUT2D eigenvalue weighted by Crippen LogP contribution is 2.34. The molecule has 19 heteroatoms. The lowest BCUT2D eigenvalue weighted by Crippen LogP contribution is -2.70. The van der Waals surface area contributed by atoms with Crippen LogP contribution in [0.5, 0.6) is 0 Å². The van der Waals surface area contributed by atoms with E-state index in [9.17, 15) is 38.4 Å². The van der Waals surface area contributed by atoms with Gasteiger partial charge in [0.1, 0.15) is 37.6 Å². The van der Waals surface area contributed by atoms with Gasteiger partial charge in [0.2, 0.25) is 11.8 Å². The van der Waals surface area contributed by atoms with Crippen LogP contribution in [-0.2, 0) is 81.0 Å². The van der Waals surface area contributed by atoms with Gasteiger partial charge in [-0.2, -0.15) is 0 Å². The summed E-state index contributed by atoms with van der Waals surface area (Å²) in [5.41, 5.74) is 0. The van der Waals surface area contributed by atoms with E-state index in [0.717, 1.165) is 47.6 Å². The average Bonchev–Trinajstić information content (AvgIpc) is 2.99. The second kappa shape index (κ2) is 20.3. The zero-order valence-electron chi connectivity index (χ0n) is 29.7. The molecule has 0 aromatic heterocycles. The van der Waals surface area contributed by atoms with Crippen molar-refractivity contribution in [3.8, 4) is 0 Å². The maximum absolute atomic E-state index is 12.5. The molecule has 0 aromatic carbocycles. The largest absolute Gasteiger partial charge is 0.463 e. The van der Waals surface area contributed by atoms with Gasteiger partial charge in [0.05, 0.1) is 18.8 Å². The van der Waals surface area contributed by atoms with Crippen molar-refractivity contribution >= 4 is 47.6 Å². The Morgan fingerprint density at radius 2 is 1.04 bits per heavy atom. The first kappa shape index (κ1) is 42.5. The third kappa shape index (κ3) is 13.9. The molecular formula is C32H46N2O17. The average molecular weight is 731 g/mol. The molecule has 0 spiro atoms. The molecule has 51 heavy (non-hydrogen) atoms. The molecule has 0 aliphatic carbocycles.